The Hall–Kier alpha value is -0.220. The topological polar surface area (TPSA) is 55.1 Å². The first-order valence-electron chi connectivity index (χ1n) is 5.84. The zero-order valence-electron chi connectivity index (χ0n) is 9.55. The summed E-state index contributed by atoms with van der Waals surface area (Å²) in [5.74, 6) is 2.03. The van der Waals surface area contributed by atoms with Crippen LogP contribution >= 0.6 is 11.8 Å². The van der Waals surface area contributed by atoms with E-state index < -0.39 is 5.54 Å². The van der Waals surface area contributed by atoms with Crippen molar-refractivity contribution >= 4 is 17.7 Å². The lowest BCUT2D eigenvalue weighted by molar-refractivity contribution is -0.125. The number of carbonyl (C=O) groups is 1. The highest BCUT2D eigenvalue weighted by molar-refractivity contribution is 7.99. The first-order chi connectivity index (χ1) is 7.21. The van der Waals surface area contributed by atoms with Crippen LogP contribution in [-0.2, 0) is 4.79 Å². The normalized spacial score (nSPS) is 20.1. The summed E-state index contributed by atoms with van der Waals surface area (Å²) in [5, 5.41) is 3.37. The van der Waals surface area contributed by atoms with Crippen LogP contribution in [0.1, 0.15) is 39.0 Å². The molecule has 1 saturated carbocycles. The molecule has 0 heterocycles. The molecule has 0 bridgehead atoms. The molecule has 88 valence electrons. The molecule has 0 radical (unpaired) electrons. The lowest BCUT2D eigenvalue weighted by Gasteiger charge is -2.35. The van der Waals surface area contributed by atoms with Crippen LogP contribution in [0.3, 0.4) is 0 Å². The number of hydrogen-bond donors (Lipinski definition) is 2. The van der Waals surface area contributed by atoms with Gasteiger partial charge in [0.15, 0.2) is 0 Å². The molecule has 0 aromatic heterocycles. The molecule has 0 aromatic carbocycles. The summed E-state index contributed by atoms with van der Waals surface area (Å²) in [6, 6.07) is 0. The van der Waals surface area contributed by atoms with Crippen molar-refractivity contribution < 1.29 is 4.79 Å². The quantitative estimate of drug-likeness (QED) is 0.680. The molecular formula is C11H22N2OS. The lowest BCUT2D eigenvalue weighted by Crippen LogP contribution is -2.57. The van der Waals surface area contributed by atoms with Crippen molar-refractivity contribution in [3.05, 3.63) is 0 Å². The summed E-state index contributed by atoms with van der Waals surface area (Å²) in [4.78, 5) is 11.5. The molecule has 0 saturated heterocycles. The summed E-state index contributed by atoms with van der Waals surface area (Å²) < 4.78 is 0. The van der Waals surface area contributed by atoms with Gasteiger partial charge in [0.1, 0.15) is 0 Å². The van der Waals surface area contributed by atoms with Gasteiger partial charge in [0.05, 0.1) is 5.54 Å². The average Bonchev–Trinajstić information content (AvgIpc) is 2.26. The zero-order chi connectivity index (χ0) is 11.1. The number of hydrogen-bond acceptors (Lipinski definition) is 3. The molecule has 3 N–H and O–H groups in total. The molecule has 0 atom stereocenters. The maximum Gasteiger partial charge on any atom is 0.237 e. The Kier molecular flexibility index (Phi) is 5.47. The fourth-order valence-corrected chi connectivity index (χ4v) is 2.71. The van der Waals surface area contributed by atoms with Gasteiger partial charge in [0, 0.05) is 12.3 Å². The van der Waals surface area contributed by atoms with Gasteiger partial charge in [-0.1, -0.05) is 26.2 Å². The second-order valence-electron chi connectivity index (χ2n) is 4.13. The molecule has 1 fully saturated rings. The predicted molar refractivity (Wildman–Crippen MR) is 66.0 cm³/mol. The number of primary amides is 1. The van der Waals surface area contributed by atoms with E-state index in [0.717, 1.165) is 43.7 Å². The van der Waals surface area contributed by atoms with Gasteiger partial charge >= 0.3 is 0 Å². The van der Waals surface area contributed by atoms with Crippen molar-refractivity contribution in [1.82, 2.24) is 5.32 Å². The third-order valence-corrected chi connectivity index (χ3v) is 3.99. The molecule has 0 aromatic rings. The molecule has 1 aliphatic carbocycles. The smallest absolute Gasteiger partial charge is 0.237 e. The van der Waals surface area contributed by atoms with E-state index in [0.29, 0.717) is 0 Å². The van der Waals surface area contributed by atoms with E-state index in [-0.39, 0.29) is 5.91 Å². The molecule has 3 nitrogen and oxygen atoms in total. The van der Waals surface area contributed by atoms with Crippen LogP contribution in [0.15, 0.2) is 0 Å². The molecule has 0 unspecified atom stereocenters. The van der Waals surface area contributed by atoms with E-state index in [1.54, 1.807) is 0 Å². The fraction of sp³-hybridized carbons (Fsp3) is 0.909. The minimum Gasteiger partial charge on any atom is -0.368 e. The summed E-state index contributed by atoms with van der Waals surface area (Å²) in [6.07, 6.45) is 5.31. The van der Waals surface area contributed by atoms with E-state index in [1.807, 2.05) is 11.8 Å². The Morgan fingerprint density at radius 3 is 2.60 bits per heavy atom. The Bertz CT molecular complexity index is 203. The number of nitrogens with two attached hydrogens (primary N) is 1. The number of amides is 1. The standard InChI is InChI=1S/C11H22N2OS/c1-2-15-9-8-13-11(10(12)14)6-4-3-5-7-11/h13H,2-9H2,1H3,(H2,12,14). The van der Waals surface area contributed by atoms with Gasteiger partial charge in [-0.05, 0) is 18.6 Å². The Morgan fingerprint density at radius 1 is 1.40 bits per heavy atom. The van der Waals surface area contributed by atoms with Crippen LogP contribution in [0.2, 0.25) is 0 Å². The van der Waals surface area contributed by atoms with Crippen molar-refractivity contribution in [2.45, 2.75) is 44.6 Å². The van der Waals surface area contributed by atoms with Gasteiger partial charge in [-0.15, -0.1) is 0 Å². The lowest BCUT2D eigenvalue weighted by atomic mass is 9.81. The highest BCUT2D eigenvalue weighted by Crippen LogP contribution is 2.27. The summed E-state index contributed by atoms with van der Waals surface area (Å²) in [6.45, 7) is 3.04. The van der Waals surface area contributed by atoms with Crippen LogP contribution in [0.4, 0.5) is 0 Å². The molecule has 15 heavy (non-hydrogen) atoms. The van der Waals surface area contributed by atoms with E-state index in [1.165, 1.54) is 6.42 Å². The summed E-state index contributed by atoms with van der Waals surface area (Å²) in [7, 11) is 0. The van der Waals surface area contributed by atoms with Gasteiger partial charge < -0.3 is 11.1 Å². The number of carbonyl (C=O) groups excluding carboxylic acids is 1. The summed E-state index contributed by atoms with van der Waals surface area (Å²) in [5.41, 5.74) is 5.11. The van der Waals surface area contributed by atoms with Gasteiger partial charge in [-0.3, -0.25) is 4.79 Å². The van der Waals surface area contributed by atoms with Crippen LogP contribution < -0.4 is 11.1 Å². The number of rotatable bonds is 6. The summed E-state index contributed by atoms with van der Waals surface area (Å²) >= 11 is 1.89. The highest BCUT2D eigenvalue weighted by Gasteiger charge is 2.36. The van der Waals surface area contributed by atoms with Gasteiger partial charge in [-0.25, -0.2) is 0 Å². The third-order valence-electron chi connectivity index (χ3n) is 3.09. The van der Waals surface area contributed by atoms with Gasteiger partial charge in [0.2, 0.25) is 5.91 Å². The van der Waals surface area contributed by atoms with Gasteiger partial charge in [-0.2, -0.15) is 11.8 Å². The number of thioether (sulfide) groups is 1. The van der Waals surface area contributed by atoms with Crippen LogP contribution in [0.5, 0.6) is 0 Å². The predicted octanol–water partition coefficient (Wildman–Crippen LogP) is 1.52. The van der Waals surface area contributed by atoms with Crippen molar-refractivity contribution in [2.75, 3.05) is 18.1 Å². The van der Waals surface area contributed by atoms with Gasteiger partial charge in [0.25, 0.3) is 0 Å². The molecular weight excluding hydrogens is 208 g/mol. The minimum absolute atomic E-state index is 0.163. The largest absolute Gasteiger partial charge is 0.368 e. The Labute approximate surface area is 96.6 Å². The second-order valence-corrected chi connectivity index (χ2v) is 5.52. The second kappa shape index (κ2) is 6.38. The van der Waals surface area contributed by atoms with Crippen LogP contribution in [-0.4, -0.2) is 29.5 Å². The van der Waals surface area contributed by atoms with Crippen molar-refractivity contribution in [1.29, 1.82) is 0 Å². The maximum atomic E-state index is 11.5. The molecule has 1 amide bonds. The molecule has 1 rings (SSSR count). The number of nitrogens with one attached hydrogen (secondary N) is 1. The van der Waals surface area contributed by atoms with Crippen LogP contribution in [0, 0.1) is 0 Å². The maximum absolute atomic E-state index is 11.5. The zero-order valence-corrected chi connectivity index (χ0v) is 10.4. The Morgan fingerprint density at radius 2 is 2.07 bits per heavy atom. The molecule has 0 spiro atoms. The first kappa shape index (κ1) is 12.8. The van der Waals surface area contributed by atoms with Crippen LogP contribution in [0.25, 0.3) is 0 Å². The first-order valence-corrected chi connectivity index (χ1v) is 6.99. The average molecular weight is 230 g/mol. The van der Waals surface area contributed by atoms with E-state index in [2.05, 4.69) is 12.2 Å². The molecule has 4 heteroatoms. The van der Waals surface area contributed by atoms with Crippen molar-refractivity contribution in [3.63, 3.8) is 0 Å². The van der Waals surface area contributed by atoms with Crippen molar-refractivity contribution in [2.24, 2.45) is 5.73 Å². The molecule has 0 aliphatic heterocycles. The van der Waals surface area contributed by atoms with E-state index in [4.69, 9.17) is 5.73 Å². The minimum atomic E-state index is -0.396. The van der Waals surface area contributed by atoms with E-state index in [9.17, 15) is 4.79 Å². The fourth-order valence-electron chi connectivity index (χ4n) is 2.17. The highest BCUT2D eigenvalue weighted by atomic mass is 32.2. The third kappa shape index (κ3) is 3.68. The molecule has 1 aliphatic rings. The Balaban J connectivity index is 2.39. The van der Waals surface area contributed by atoms with E-state index >= 15 is 0 Å². The SMILES string of the molecule is CCSCCNC1(C(N)=O)CCCCC1. The monoisotopic (exact) mass is 230 g/mol. The van der Waals surface area contributed by atoms with Crippen molar-refractivity contribution in [3.8, 4) is 0 Å².